The van der Waals surface area contributed by atoms with Crippen molar-refractivity contribution in [2.24, 2.45) is 44.8 Å². The molecule has 7 aliphatic rings. The normalized spacial score (nSPS) is 59.3. The van der Waals surface area contributed by atoms with Crippen molar-refractivity contribution in [3.05, 3.63) is 0 Å². The third kappa shape index (κ3) is 4.24. The zero-order valence-corrected chi connectivity index (χ0v) is 28.9. The summed E-state index contributed by atoms with van der Waals surface area (Å²) in [5, 5.41) is 76.2. The second kappa shape index (κ2) is 10.3. The Balaban J connectivity index is 1.26. The third-order valence-electron chi connectivity index (χ3n) is 15.9. The molecule has 0 aromatic rings. The highest BCUT2D eigenvalue weighted by Gasteiger charge is 2.85. The van der Waals surface area contributed by atoms with E-state index in [-0.39, 0.29) is 45.5 Å². The number of ether oxygens (including phenoxy) is 3. The maximum absolute atomic E-state index is 12.0. The van der Waals surface area contributed by atoms with Crippen molar-refractivity contribution < 1.29 is 50.0 Å². The Morgan fingerprint density at radius 3 is 2.13 bits per heavy atom. The van der Waals surface area contributed by atoms with Crippen LogP contribution in [0, 0.1) is 44.8 Å². The van der Waals surface area contributed by atoms with Crippen LogP contribution in [0.5, 0.6) is 0 Å². The lowest BCUT2D eigenvalue weighted by atomic mass is 9.41. The molecule has 2 aliphatic heterocycles. The van der Waals surface area contributed by atoms with Crippen LogP contribution in [0.4, 0.5) is 0 Å². The molecule has 264 valence electrons. The molecule has 10 heteroatoms. The van der Waals surface area contributed by atoms with Gasteiger partial charge in [-0.25, -0.2) is 0 Å². The van der Waals surface area contributed by atoms with Crippen LogP contribution in [-0.2, 0) is 14.2 Å². The first kappa shape index (κ1) is 34.1. The maximum atomic E-state index is 12.0. The third-order valence-corrected chi connectivity index (χ3v) is 15.9. The minimum atomic E-state index is -1.53. The SMILES string of the molecule is CC(C)(O)[C@@H]1CC[C@](C)([C@H]2[C@@H](O)C[C@@]3(C)[C@@H]4C[C@H](O[C@@H]5O[C@H](CO)[C@H](O)[C@H](O)[C@H]5O)[C@H]5C(C)(C)[C@@H](O)CC[C@@]56C[C@@]46CC[C@]23C)O1. The number of rotatable bonds is 5. The van der Waals surface area contributed by atoms with Gasteiger partial charge >= 0.3 is 0 Å². The quantitative estimate of drug-likeness (QED) is 0.219. The lowest BCUT2D eigenvalue weighted by molar-refractivity contribution is -0.331. The molecule has 2 heterocycles. The smallest absolute Gasteiger partial charge is 0.186 e. The van der Waals surface area contributed by atoms with Gasteiger partial charge in [0.1, 0.15) is 24.4 Å². The molecule has 0 aromatic heterocycles. The van der Waals surface area contributed by atoms with Gasteiger partial charge in [0.2, 0.25) is 0 Å². The summed E-state index contributed by atoms with van der Waals surface area (Å²) in [7, 11) is 0. The van der Waals surface area contributed by atoms with Crippen LogP contribution in [0.2, 0.25) is 0 Å². The maximum Gasteiger partial charge on any atom is 0.186 e. The summed E-state index contributed by atoms with van der Waals surface area (Å²) in [6.45, 7) is 14.2. The number of hydrogen-bond donors (Lipinski definition) is 7. The van der Waals surface area contributed by atoms with Crippen molar-refractivity contribution >= 4 is 0 Å². The highest BCUT2D eigenvalue weighted by Crippen LogP contribution is 2.89. The van der Waals surface area contributed by atoms with Gasteiger partial charge in [-0.1, -0.05) is 27.7 Å². The van der Waals surface area contributed by atoms with Crippen LogP contribution < -0.4 is 0 Å². The highest BCUT2D eigenvalue weighted by molar-refractivity contribution is 5.33. The Labute approximate surface area is 273 Å². The fourth-order valence-corrected chi connectivity index (χ4v) is 13.6. The van der Waals surface area contributed by atoms with E-state index in [0.717, 1.165) is 38.5 Å². The monoisotopic (exact) mass is 652 g/mol. The Kier molecular flexibility index (Phi) is 7.65. The second-order valence-corrected chi connectivity index (χ2v) is 18.7. The first-order chi connectivity index (χ1) is 21.2. The van der Waals surface area contributed by atoms with E-state index in [0.29, 0.717) is 19.3 Å². The highest BCUT2D eigenvalue weighted by atomic mass is 16.7. The van der Waals surface area contributed by atoms with Gasteiger partial charge in [-0.05, 0) is 117 Å². The Morgan fingerprint density at radius 2 is 1.50 bits per heavy atom. The molecule has 46 heavy (non-hydrogen) atoms. The molecule has 0 radical (unpaired) electrons. The van der Waals surface area contributed by atoms with Crippen LogP contribution in [0.25, 0.3) is 0 Å². The molecule has 5 saturated carbocycles. The number of fused-ring (bicyclic) bond motifs is 2. The molecule has 7 rings (SSSR count). The zero-order valence-electron chi connectivity index (χ0n) is 28.9. The molecule has 0 bridgehead atoms. The molecule has 5 aliphatic carbocycles. The van der Waals surface area contributed by atoms with Gasteiger partial charge < -0.3 is 50.0 Å². The first-order valence-corrected chi connectivity index (χ1v) is 17.9. The summed E-state index contributed by atoms with van der Waals surface area (Å²) in [6, 6.07) is 0. The predicted molar refractivity (Wildman–Crippen MR) is 167 cm³/mol. The van der Waals surface area contributed by atoms with E-state index in [1.54, 1.807) is 13.8 Å². The molecule has 0 amide bonds. The topological polar surface area (TPSA) is 169 Å². The standard InChI is InChI=1S/C36H60O10/c1-30(2)22(39)8-11-36-17-35(36)13-12-32(5)27(34(7)10-9-23(46-34)31(3,4)43)18(38)15-33(32,6)21(35)14-19(28(30)36)44-29-26(42)25(41)24(40)20(16-37)45-29/h18-29,37-43H,8-17H2,1-7H3/t18-,19-,20+,21-,22-,23-,24-,25-,26+,27-,28-,29+,32+,33-,34+,35-,36+/m0/s1. The van der Waals surface area contributed by atoms with E-state index < -0.39 is 72.2 Å². The Hall–Kier alpha value is -0.400. The van der Waals surface area contributed by atoms with Crippen molar-refractivity contribution in [1.29, 1.82) is 0 Å². The van der Waals surface area contributed by atoms with Crippen LogP contribution in [0.3, 0.4) is 0 Å². The largest absolute Gasteiger partial charge is 0.394 e. The molecular formula is C36H60O10. The molecule has 7 N–H and O–H groups in total. The first-order valence-electron chi connectivity index (χ1n) is 17.9. The summed E-state index contributed by atoms with van der Waals surface area (Å²) >= 11 is 0. The summed E-state index contributed by atoms with van der Waals surface area (Å²) in [4.78, 5) is 0. The van der Waals surface area contributed by atoms with Gasteiger partial charge in [-0.15, -0.1) is 0 Å². The van der Waals surface area contributed by atoms with E-state index in [2.05, 4.69) is 34.6 Å². The van der Waals surface area contributed by atoms with Gasteiger partial charge in [0.05, 0.1) is 42.2 Å². The minimum absolute atomic E-state index is 0.0225. The van der Waals surface area contributed by atoms with Gasteiger partial charge in [0.15, 0.2) is 6.29 Å². The number of hydrogen-bond acceptors (Lipinski definition) is 10. The summed E-state index contributed by atoms with van der Waals surface area (Å²) < 4.78 is 19.4. The molecular weight excluding hydrogens is 592 g/mol. The van der Waals surface area contributed by atoms with Crippen molar-refractivity contribution in [3.8, 4) is 0 Å². The Bertz CT molecular complexity index is 1200. The molecule has 0 unspecified atom stereocenters. The molecule has 0 aromatic carbocycles. The van der Waals surface area contributed by atoms with Crippen molar-refractivity contribution in [1.82, 2.24) is 0 Å². The summed E-state index contributed by atoms with van der Waals surface area (Å²) in [5.74, 6) is 0.0768. The fraction of sp³-hybridized carbons (Fsp3) is 1.00. The second-order valence-electron chi connectivity index (χ2n) is 18.7. The van der Waals surface area contributed by atoms with E-state index in [9.17, 15) is 35.7 Å². The average Bonchev–Trinajstić information content (AvgIpc) is 3.33. The average molecular weight is 653 g/mol. The van der Waals surface area contributed by atoms with Gasteiger partial charge in [-0.2, -0.15) is 0 Å². The number of aliphatic hydroxyl groups is 7. The van der Waals surface area contributed by atoms with Gasteiger partial charge in [-0.3, -0.25) is 0 Å². The van der Waals surface area contributed by atoms with Crippen LogP contribution in [-0.4, -0.2) is 109 Å². The summed E-state index contributed by atoms with van der Waals surface area (Å²) in [5.41, 5.74) is -2.50. The minimum Gasteiger partial charge on any atom is -0.394 e. The molecule has 2 saturated heterocycles. The van der Waals surface area contributed by atoms with Gasteiger partial charge in [0.25, 0.3) is 0 Å². The fourth-order valence-electron chi connectivity index (χ4n) is 13.6. The van der Waals surface area contributed by atoms with E-state index in [4.69, 9.17) is 14.2 Å². The van der Waals surface area contributed by atoms with E-state index in [1.165, 1.54) is 0 Å². The lowest BCUT2D eigenvalue weighted by Crippen LogP contribution is -2.64. The molecule has 2 spiro atoms. The van der Waals surface area contributed by atoms with Crippen LogP contribution in [0.15, 0.2) is 0 Å². The van der Waals surface area contributed by atoms with Crippen LogP contribution in [0.1, 0.15) is 106 Å². The Morgan fingerprint density at radius 1 is 0.804 bits per heavy atom. The van der Waals surface area contributed by atoms with Crippen molar-refractivity contribution in [3.63, 3.8) is 0 Å². The van der Waals surface area contributed by atoms with Gasteiger partial charge in [0, 0.05) is 5.92 Å². The molecule has 17 atom stereocenters. The lowest BCUT2D eigenvalue weighted by Gasteiger charge is -2.65. The van der Waals surface area contributed by atoms with E-state index in [1.807, 2.05) is 0 Å². The number of aliphatic hydroxyl groups excluding tert-OH is 6. The predicted octanol–water partition coefficient (Wildman–Crippen LogP) is 2.26. The van der Waals surface area contributed by atoms with Crippen molar-refractivity contribution in [2.45, 2.75) is 173 Å². The van der Waals surface area contributed by atoms with E-state index >= 15 is 0 Å². The van der Waals surface area contributed by atoms with Crippen LogP contribution >= 0.6 is 0 Å². The van der Waals surface area contributed by atoms with Crippen molar-refractivity contribution in [2.75, 3.05) is 6.61 Å². The molecule has 10 nitrogen and oxygen atoms in total. The summed E-state index contributed by atoms with van der Waals surface area (Å²) in [6.07, 6.45) is -1.07. The zero-order chi connectivity index (χ0) is 33.6. The molecule has 7 fully saturated rings.